The van der Waals surface area contributed by atoms with Gasteiger partial charge in [-0.3, -0.25) is 4.79 Å². The Bertz CT molecular complexity index is 1240. The first-order chi connectivity index (χ1) is 16.0. The fourth-order valence-electron chi connectivity index (χ4n) is 3.01. The summed E-state index contributed by atoms with van der Waals surface area (Å²) in [5, 5.41) is 2.82. The third-order valence-corrected chi connectivity index (χ3v) is 4.68. The van der Waals surface area contributed by atoms with Crippen molar-refractivity contribution in [3.8, 4) is 34.5 Å². The summed E-state index contributed by atoms with van der Waals surface area (Å²) in [6.07, 6.45) is 1.56. The molecular formula is C25H20FN3O4. The number of hydrogen-bond acceptors (Lipinski definition) is 6. The molecule has 0 aliphatic carbocycles. The second-order valence-corrected chi connectivity index (χ2v) is 6.91. The molecule has 0 aliphatic rings. The topological polar surface area (TPSA) is 82.6 Å². The minimum absolute atomic E-state index is 0.294. The van der Waals surface area contributed by atoms with E-state index >= 15 is 0 Å². The molecule has 1 heterocycles. The van der Waals surface area contributed by atoms with Crippen molar-refractivity contribution in [1.82, 2.24) is 9.97 Å². The molecule has 8 heteroatoms. The van der Waals surface area contributed by atoms with Crippen molar-refractivity contribution in [2.75, 3.05) is 19.5 Å². The van der Waals surface area contributed by atoms with Crippen LogP contribution in [0.3, 0.4) is 0 Å². The number of hydrogen-bond donors (Lipinski definition) is 1. The van der Waals surface area contributed by atoms with Crippen LogP contribution in [0.4, 0.5) is 10.1 Å². The summed E-state index contributed by atoms with van der Waals surface area (Å²) in [4.78, 5) is 21.2. The lowest BCUT2D eigenvalue weighted by Gasteiger charge is -2.10. The van der Waals surface area contributed by atoms with E-state index in [1.54, 1.807) is 81.1 Å². The maximum atomic E-state index is 13.1. The zero-order chi connectivity index (χ0) is 23.2. The van der Waals surface area contributed by atoms with Gasteiger partial charge in [0.05, 0.1) is 14.2 Å². The van der Waals surface area contributed by atoms with Crippen molar-refractivity contribution >= 4 is 11.6 Å². The summed E-state index contributed by atoms with van der Waals surface area (Å²) < 4.78 is 29.4. The van der Waals surface area contributed by atoms with Crippen LogP contribution < -0.4 is 19.5 Å². The zero-order valence-corrected chi connectivity index (χ0v) is 17.9. The molecule has 0 bridgehead atoms. The lowest BCUT2D eigenvalue weighted by Crippen LogP contribution is -2.11. The van der Waals surface area contributed by atoms with E-state index in [9.17, 15) is 9.18 Å². The predicted octanol–water partition coefficient (Wildman–Crippen LogP) is 5.34. The van der Waals surface area contributed by atoms with Crippen molar-refractivity contribution in [2.45, 2.75) is 0 Å². The van der Waals surface area contributed by atoms with Crippen LogP contribution >= 0.6 is 0 Å². The molecule has 0 saturated carbocycles. The van der Waals surface area contributed by atoms with Crippen molar-refractivity contribution in [1.29, 1.82) is 0 Å². The van der Waals surface area contributed by atoms with Crippen molar-refractivity contribution in [3.63, 3.8) is 0 Å². The van der Waals surface area contributed by atoms with E-state index in [2.05, 4.69) is 15.3 Å². The normalized spacial score (nSPS) is 10.4. The van der Waals surface area contributed by atoms with Gasteiger partial charge in [0.25, 0.3) is 5.91 Å². The molecule has 0 spiro atoms. The first kappa shape index (κ1) is 21.8. The van der Waals surface area contributed by atoms with Crippen LogP contribution in [-0.2, 0) is 0 Å². The number of benzene rings is 3. The fraction of sp³-hybridized carbons (Fsp3) is 0.0800. The minimum atomic E-state index is -0.333. The molecule has 0 radical (unpaired) electrons. The number of aromatic nitrogens is 2. The van der Waals surface area contributed by atoms with E-state index in [4.69, 9.17) is 14.2 Å². The number of amides is 1. The molecule has 0 saturated heterocycles. The van der Waals surface area contributed by atoms with Gasteiger partial charge >= 0.3 is 0 Å². The zero-order valence-electron chi connectivity index (χ0n) is 17.9. The van der Waals surface area contributed by atoms with E-state index in [0.29, 0.717) is 45.8 Å². The summed E-state index contributed by atoms with van der Waals surface area (Å²) in [5.41, 5.74) is 1.66. The number of carbonyl (C=O) groups is 1. The van der Waals surface area contributed by atoms with Gasteiger partial charge in [-0.15, -0.1) is 0 Å². The van der Waals surface area contributed by atoms with E-state index in [1.807, 2.05) is 0 Å². The maximum Gasteiger partial charge on any atom is 0.255 e. The van der Waals surface area contributed by atoms with Gasteiger partial charge in [-0.2, -0.15) is 4.98 Å². The van der Waals surface area contributed by atoms with Crippen molar-refractivity contribution in [3.05, 3.63) is 90.4 Å². The van der Waals surface area contributed by atoms with E-state index in [1.165, 1.54) is 12.1 Å². The SMILES string of the molecule is COc1cc(NC(=O)c2ccc(Oc3ccnc(-c4ccc(F)cc4)n3)cc2)cc(OC)c1. The van der Waals surface area contributed by atoms with Crippen LogP contribution in [0.15, 0.2) is 79.0 Å². The van der Waals surface area contributed by atoms with Crippen LogP contribution in [-0.4, -0.2) is 30.1 Å². The lowest BCUT2D eigenvalue weighted by atomic mass is 10.2. The molecule has 166 valence electrons. The summed E-state index contributed by atoms with van der Waals surface area (Å²) in [6.45, 7) is 0. The molecule has 0 atom stereocenters. The molecule has 1 N–H and O–H groups in total. The molecule has 1 amide bonds. The van der Waals surface area contributed by atoms with E-state index < -0.39 is 0 Å². The van der Waals surface area contributed by atoms with Crippen molar-refractivity contribution in [2.24, 2.45) is 0 Å². The largest absolute Gasteiger partial charge is 0.497 e. The Morgan fingerprint density at radius 2 is 1.52 bits per heavy atom. The Morgan fingerprint density at radius 1 is 0.848 bits per heavy atom. The average Bonchev–Trinajstić information content (AvgIpc) is 2.84. The van der Waals surface area contributed by atoms with Gasteiger partial charge in [0.2, 0.25) is 5.88 Å². The number of methoxy groups -OCH3 is 2. The summed E-state index contributed by atoms with van der Waals surface area (Å²) >= 11 is 0. The standard InChI is InChI=1S/C25H20FN3O4/c1-31-21-13-19(14-22(15-21)32-2)28-25(30)17-5-9-20(10-6-17)33-23-11-12-27-24(29-23)16-3-7-18(26)8-4-16/h3-15H,1-2H3,(H,28,30). The highest BCUT2D eigenvalue weighted by molar-refractivity contribution is 6.04. The summed E-state index contributed by atoms with van der Waals surface area (Å²) in [7, 11) is 3.08. The first-order valence-corrected chi connectivity index (χ1v) is 9.95. The Labute approximate surface area is 189 Å². The highest BCUT2D eigenvalue weighted by atomic mass is 19.1. The first-order valence-electron chi connectivity index (χ1n) is 9.95. The highest BCUT2D eigenvalue weighted by Crippen LogP contribution is 2.27. The predicted molar refractivity (Wildman–Crippen MR) is 121 cm³/mol. The van der Waals surface area contributed by atoms with Crippen molar-refractivity contribution < 1.29 is 23.4 Å². The fourth-order valence-corrected chi connectivity index (χ4v) is 3.01. The van der Waals surface area contributed by atoms with Gasteiger partial charge in [0.1, 0.15) is 23.1 Å². The monoisotopic (exact) mass is 445 g/mol. The Hall–Kier alpha value is -4.46. The maximum absolute atomic E-state index is 13.1. The number of anilines is 1. The van der Waals surface area contributed by atoms with Gasteiger partial charge in [-0.1, -0.05) is 0 Å². The molecule has 4 aromatic rings. The molecule has 0 unspecified atom stereocenters. The molecule has 7 nitrogen and oxygen atoms in total. The molecule has 33 heavy (non-hydrogen) atoms. The number of ether oxygens (including phenoxy) is 3. The Balaban J connectivity index is 1.45. The molecular weight excluding hydrogens is 425 g/mol. The summed E-state index contributed by atoms with van der Waals surface area (Å²) in [6, 6.07) is 19.2. The van der Waals surface area contributed by atoms with E-state index in [0.717, 1.165) is 0 Å². The quantitative estimate of drug-likeness (QED) is 0.413. The Morgan fingerprint density at radius 3 is 2.15 bits per heavy atom. The second-order valence-electron chi connectivity index (χ2n) is 6.91. The number of carbonyl (C=O) groups excluding carboxylic acids is 1. The number of rotatable bonds is 7. The molecule has 3 aromatic carbocycles. The molecule has 4 rings (SSSR count). The van der Waals surface area contributed by atoms with Gasteiger partial charge in [0, 0.05) is 47.3 Å². The molecule has 0 aliphatic heterocycles. The molecule has 0 fully saturated rings. The number of nitrogens with zero attached hydrogens (tertiary/aromatic N) is 2. The van der Waals surface area contributed by atoms with Crippen LogP contribution in [0.2, 0.25) is 0 Å². The third kappa shape index (κ3) is 5.43. The highest BCUT2D eigenvalue weighted by Gasteiger charge is 2.10. The van der Waals surface area contributed by atoms with Gasteiger partial charge in [-0.05, 0) is 48.5 Å². The van der Waals surface area contributed by atoms with Crippen LogP contribution in [0.25, 0.3) is 11.4 Å². The minimum Gasteiger partial charge on any atom is -0.497 e. The smallest absolute Gasteiger partial charge is 0.255 e. The van der Waals surface area contributed by atoms with Gasteiger partial charge in [-0.25, -0.2) is 9.37 Å². The van der Waals surface area contributed by atoms with Crippen LogP contribution in [0.1, 0.15) is 10.4 Å². The van der Waals surface area contributed by atoms with Crippen LogP contribution in [0.5, 0.6) is 23.1 Å². The third-order valence-electron chi connectivity index (χ3n) is 4.68. The van der Waals surface area contributed by atoms with Gasteiger partial charge < -0.3 is 19.5 Å². The Kier molecular flexibility index (Phi) is 6.45. The van der Waals surface area contributed by atoms with E-state index in [-0.39, 0.29) is 11.7 Å². The number of halogens is 1. The second kappa shape index (κ2) is 9.78. The number of nitrogens with one attached hydrogen (secondary N) is 1. The molecule has 1 aromatic heterocycles. The lowest BCUT2D eigenvalue weighted by molar-refractivity contribution is 0.102. The van der Waals surface area contributed by atoms with Crippen LogP contribution in [0, 0.1) is 5.82 Å². The van der Waals surface area contributed by atoms with Gasteiger partial charge in [0.15, 0.2) is 5.82 Å². The average molecular weight is 445 g/mol. The summed E-state index contributed by atoms with van der Waals surface area (Å²) in [5.74, 6) is 1.75.